The van der Waals surface area contributed by atoms with E-state index in [4.69, 9.17) is 0 Å². The molecule has 3 aromatic rings. The van der Waals surface area contributed by atoms with Gasteiger partial charge in [-0.25, -0.2) is 0 Å². The molecule has 0 aliphatic carbocycles. The molecule has 0 saturated heterocycles. The minimum atomic E-state index is -0.254. The maximum absolute atomic E-state index is 12.0. The minimum absolute atomic E-state index is 0.254. The summed E-state index contributed by atoms with van der Waals surface area (Å²) in [4.78, 5) is 14.8. The molecule has 1 N–H and O–H groups in total. The van der Waals surface area contributed by atoms with E-state index in [0.717, 1.165) is 11.1 Å². The van der Waals surface area contributed by atoms with Crippen LogP contribution < -0.4 is 5.56 Å². The Morgan fingerprint density at radius 1 is 0.810 bits per heavy atom. The number of hydrogen-bond donors (Lipinski definition) is 1. The zero-order valence-electron chi connectivity index (χ0n) is 11.2. The first kappa shape index (κ1) is 13.0. The first-order valence-corrected chi connectivity index (χ1v) is 6.58. The van der Waals surface area contributed by atoms with Gasteiger partial charge >= 0.3 is 0 Å². The van der Waals surface area contributed by atoms with Crippen LogP contribution in [0, 0.1) is 0 Å². The van der Waals surface area contributed by atoms with Crippen LogP contribution in [-0.4, -0.2) is 15.2 Å². The lowest BCUT2D eigenvalue weighted by Gasteiger charge is -1.99. The van der Waals surface area contributed by atoms with Crippen LogP contribution >= 0.6 is 0 Å². The number of nitrogens with one attached hydrogen (secondary N) is 1. The molecule has 0 saturated carbocycles. The van der Waals surface area contributed by atoms with Crippen LogP contribution in [0.5, 0.6) is 0 Å². The molecule has 4 heteroatoms. The topological polar surface area (TPSA) is 58.6 Å². The van der Waals surface area contributed by atoms with Gasteiger partial charge in [0.05, 0.1) is 0 Å². The van der Waals surface area contributed by atoms with Crippen LogP contribution in [0.1, 0.15) is 11.3 Å². The fourth-order valence-corrected chi connectivity index (χ4v) is 1.92. The van der Waals surface area contributed by atoms with Crippen molar-refractivity contribution in [3.63, 3.8) is 0 Å². The van der Waals surface area contributed by atoms with Crippen LogP contribution in [0.4, 0.5) is 0 Å². The highest BCUT2D eigenvalue weighted by molar-refractivity contribution is 5.67. The maximum atomic E-state index is 12.0. The third-order valence-electron chi connectivity index (χ3n) is 3.00. The van der Waals surface area contributed by atoms with Gasteiger partial charge in [0.2, 0.25) is 0 Å². The lowest BCUT2D eigenvalue weighted by atomic mass is 10.2. The van der Waals surface area contributed by atoms with E-state index in [-0.39, 0.29) is 5.56 Å². The Morgan fingerprint density at radius 3 is 2.14 bits per heavy atom. The second kappa shape index (κ2) is 5.96. The summed E-state index contributed by atoms with van der Waals surface area (Å²) in [6.45, 7) is 0. The number of benzene rings is 2. The van der Waals surface area contributed by atoms with Crippen LogP contribution in [0.2, 0.25) is 0 Å². The molecule has 0 unspecified atom stereocenters. The van der Waals surface area contributed by atoms with Gasteiger partial charge in [0.1, 0.15) is 0 Å². The molecule has 0 aliphatic heterocycles. The van der Waals surface area contributed by atoms with E-state index in [0.29, 0.717) is 11.5 Å². The fraction of sp³-hybridized carbons (Fsp3) is 0. The van der Waals surface area contributed by atoms with E-state index in [1.165, 1.54) is 0 Å². The molecule has 2 aromatic carbocycles. The summed E-state index contributed by atoms with van der Waals surface area (Å²) in [6, 6.07) is 19.2. The zero-order valence-corrected chi connectivity index (χ0v) is 11.2. The molecule has 0 amide bonds. The van der Waals surface area contributed by atoms with Crippen LogP contribution in [0.25, 0.3) is 23.5 Å². The summed E-state index contributed by atoms with van der Waals surface area (Å²) in [6.07, 6.45) is 3.50. The Morgan fingerprint density at radius 2 is 1.48 bits per heavy atom. The van der Waals surface area contributed by atoms with Crippen molar-refractivity contribution < 1.29 is 0 Å². The van der Waals surface area contributed by atoms with Crippen LogP contribution in [-0.2, 0) is 0 Å². The van der Waals surface area contributed by atoms with E-state index in [1.54, 1.807) is 6.08 Å². The molecule has 0 radical (unpaired) electrons. The van der Waals surface area contributed by atoms with Gasteiger partial charge in [0, 0.05) is 5.56 Å². The molecular weight excluding hydrogens is 262 g/mol. The van der Waals surface area contributed by atoms with Gasteiger partial charge < -0.3 is 4.98 Å². The Kier molecular flexibility index (Phi) is 3.69. The van der Waals surface area contributed by atoms with Gasteiger partial charge in [-0.05, 0) is 11.6 Å². The zero-order chi connectivity index (χ0) is 14.5. The van der Waals surface area contributed by atoms with Crippen LogP contribution in [0.3, 0.4) is 0 Å². The molecule has 21 heavy (non-hydrogen) atoms. The molecule has 0 atom stereocenters. The molecular formula is C17H13N3O. The summed E-state index contributed by atoms with van der Waals surface area (Å²) in [5.41, 5.74) is 1.88. The maximum Gasteiger partial charge on any atom is 0.277 e. The van der Waals surface area contributed by atoms with Gasteiger partial charge in [-0.1, -0.05) is 66.7 Å². The smallest absolute Gasteiger partial charge is 0.277 e. The highest BCUT2D eigenvalue weighted by atomic mass is 16.1. The van der Waals surface area contributed by atoms with Crippen molar-refractivity contribution in [3.05, 3.63) is 82.3 Å². The fourth-order valence-electron chi connectivity index (χ4n) is 1.92. The predicted molar refractivity (Wildman–Crippen MR) is 83.5 cm³/mol. The molecule has 1 aromatic heterocycles. The Hall–Kier alpha value is -3.01. The third kappa shape index (κ3) is 3.12. The molecule has 3 rings (SSSR count). The number of aromatic amines is 1. The van der Waals surface area contributed by atoms with Crippen molar-refractivity contribution in [1.29, 1.82) is 0 Å². The normalized spacial score (nSPS) is 10.9. The van der Waals surface area contributed by atoms with Crippen molar-refractivity contribution in [3.8, 4) is 11.4 Å². The van der Waals surface area contributed by atoms with E-state index in [1.807, 2.05) is 66.7 Å². The summed E-state index contributed by atoms with van der Waals surface area (Å²) in [5.74, 6) is 0.470. The predicted octanol–water partition coefficient (Wildman–Crippen LogP) is 3.00. The number of nitrogens with zero attached hydrogens (tertiary/aromatic N) is 2. The largest absolute Gasteiger partial charge is 0.303 e. The quantitative estimate of drug-likeness (QED) is 0.799. The lowest BCUT2D eigenvalue weighted by Crippen LogP contribution is -2.14. The standard InChI is InChI=1S/C17H13N3O/c21-17-15(12-11-13-7-3-1-4-8-13)19-20-16(18-17)14-9-5-2-6-10-14/h1-12H,(H,18,20,21). The Bertz CT molecular complexity index is 808. The summed E-state index contributed by atoms with van der Waals surface area (Å²) >= 11 is 0. The van der Waals surface area contributed by atoms with Crippen molar-refractivity contribution in [2.45, 2.75) is 0 Å². The minimum Gasteiger partial charge on any atom is -0.303 e. The highest BCUT2D eigenvalue weighted by Gasteiger charge is 2.03. The average molecular weight is 275 g/mol. The SMILES string of the molecule is O=c1[nH]c(-c2ccccc2)nnc1C=Cc1ccccc1. The Labute approximate surface area is 121 Å². The van der Waals surface area contributed by atoms with E-state index < -0.39 is 0 Å². The van der Waals surface area contributed by atoms with Gasteiger partial charge in [0.25, 0.3) is 5.56 Å². The first-order chi connectivity index (χ1) is 10.3. The summed E-state index contributed by atoms with van der Waals surface area (Å²) < 4.78 is 0. The van der Waals surface area contributed by atoms with Crippen molar-refractivity contribution in [2.24, 2.45) is 0 Å². The number of rotatable bonds is 3. The number of aromatic nitrogens is 3. The highest BCUT2D eigenvalue weighted by Crippen LogP contribution is 2.11. The van der Waals surface area contributed by atoms with Gasteiger partial charge in [-0.15, -0.1) is 10.2 Å². The molecule has 4 nitrogen and oxygen atoms in total. The first-order valence-electron chi connectivity index (χ1n) is 6.58. The van der Waals surface area contributed by atoms with Crippen LogP contribution in [0.15, 0.2) is 65.5 Å². The Balaban J connectivity index is 1.89. The molecule has 0 aliphatic rings. The van der Waals surface area contributed by atoms with E-state index in [9.17, 15) is 4.79 Å². The summed E-state index contributed by atoms with van der Waals surface area (Å²) in [7, 11) is 0. The third-order valence-corrected chi connectivity index (χ3v) is 3.00. The summed E-state index contributed by atoms with van der Waals surface area (Å²) in [5, 5.41) is 8.05. The molecule has 0 spiro atoms. The van der Waals surface area contributed by atoms with Crippen molar-refractivity contribution in [2.75, 3.05) is 0 Å². The second-order valence-corrected chi connectivity index (χ2v) is 4.50. The van der Waals surface area contributed by atoms with E-state index >= 15 is 0 Å². The van der Waals surface area contributed by atoms with E-state index in [2.05, 4.69) is 15.2 Å². The van der Waals surface area contributed by atoms with Gasteiger partial charge in [-0.3, -0.25) is 4.79 Å². The monoisotopic (exact) mass is 275 g/mol. The van der Waals surface area contributed by atoms with Gasteiger partial charge in [-0.2, -0.15) is 0 Å². The lowest BCUT2D eigenvalue weighted by molar-refractivity contribution is 0.942. The van der Waals surface area contributed by atoms with Crippen molar-refractivity contribution in [1.82, 2.24) is 15.2 Å². The molecule has 102 valence electrons. The van der Waals surface area contributed by atoms with Crippen molar-refractivity contribution >= 4 is 12.2 Å². The van der Waals surface area contributed by atoms with Gasteiger partial charge in [0.15, 0.2) is 11.5 Å². The second-order valence-electron chi connectivity index (χ2n) is 4.50. The molecule has 0 fully saturated rings. The molecule has 1 heterocycles. The number of H-pyrrole nitrogens is 1. The molecule has 0 bridgehead atoms. The average Bonchev–Trinajstić information content (AvgIpc) is 2.55. The number of hydrogen-bond acceptors (Lipinski definition) is 3.